The number of aromatic nitrogens is 1. The van der Waals surface area contributed by atoms with Crippen molar-refractivity contribution in [1.82, 2.24) is 9.88 Å². The first-order valence-electron chi connectivity index (χ1n) is 6.52. The van der Waals surface area contributed by atoms with Gasteiger partial charge < -0.3 is 14.6 Å². The number of rotatable bonds is 6. The third-order valence-electron chi connectivity index (χ3n) is 2.92. The molecule has 0 fully saturated rings. The second-order valence-corrected chi connectivity index (χ2v) is 4.50. The summed E-state index contributed by atoms with van der Waals surface area (Å²) in [5, 5.41) is 2.82. The van der Waals surface area contributed by atoms with Crippen LogP contribution in [-0.2, 0) is 13.1 Å². The van der Waals surface area contributed by atoms with Gasteiger partial charge in [-0.3, -0.25) is 4.79 Å². The van der Waals surface area contributed by atoms with Gasteiger partial charge in [-0.25, -0.2) is 8.78 Å². The van der Waals surface area contributed by atoms with Crippen LogP contribution in [-0.4, -0.2) is 18.2 Å². The van der Waals surface area contributed by atoms with Crippen LogP contribution < -0.4 is 15.6 Å². The molecular formula is C15H16F2N2O2. The van der Waals surface area contributed by atoms with Gasteiger partial charge in [-0.15, -0.1) is 0 Å². The van der Waals surface area contributed by atoms with Crippen molar-refractivity contribution in [1.29, 1.82) is 0 Å². The van der Waals surface area contributed by atoms with Crippen molar-refractivity contribution < 1.29 is 13.5 Å². The van der Waals surface area contributed by atoms with E-state index < -0.39 is 17.4 Å². The molecule has 0 unspecified atom stereocenters. The van der Waals surface area contributed by atoms with Gasteiger partial charge in [0.2, 0.25) is 0 Å². The summed E-state index contributed by atoms with van der Waals surface area (Å²) in [5.74, 6) is -1.92. The Morgan fingerprint density at radius 1 is 1.24 bits per heavy atom. The van der Waals surface area contributed by atoms with Crippen molar-refractivity contribution in [2.45, 2.75) is 13.1 Å². The molecule has 0 saturated carbocycles. The molecule has 6 heteroatoms. The highest BCUT2D eigenvalue weighted by molar-refractivity contribution is 5.31. The van der Waals surface area contributed by atoms with Crippen molar-refractivity contribution in [2.24, 2.45) is 0 Å². The molecule has 2 rings (SSSR count). The van der Waals surface area contributed by atoms with Crippen LogP contribution in [0.1, 0.15) is 5.56 Å². The van der Waals surface area contributed by atoms with E-state index in [1.54, 1.807) is 25.4 Å². The Hall–Kier alpha value is -2.21. The van der Waals surface area contributed by atoms with Crippen molar-refractivity contribution >= 4 is 0 Å². The second-order valence-electron chi connectivity index (χ2n) is 4.50. The van der Waals surface area contributed by atoms with E-state index >= 15 is 0 Å². The number of hydrogen-bond donors (Lipinski definition) is 1. The van der Waals surface area contributed by atoms with Crippen LogP contribution in [0.2, 0.25) is 0 Å². The first-order valence-corrected chi connectivity index (χ1v) is 6.52. The number of benzene rings is 1. The molecule has 0 aliphatic rings. The number of pyridine rings is 1. The lowest BCUT2D eigenvalue weighted by Gasteiger charge is -2.11. The molecule has 1 heterocycles. The number of hydrogen-bond acceptors (Lipinski definition) is 3. The summed E-state index contributed by atoms with van der Waals surface area (Å²) in [6.07, 6.45) is 1.59. The van der Waals surface area contributed by atoms with Crippen LogP contribution in [0.25, 0.3) is 0 Å². The Kier molecular flexibility index (Phi) is 5.05. The summed E-state index contributed by atoms with van der Waals surface area (Å²) in [4.78, 5) is 11.5. The summed E-state index contributed by atoms with van der Waals surface area (Å²) in [6.45, 7) is 0.591. The van der Waals surface area contributed by atoms with E-state index in [0.29, 0.717) is 12.1 Å². The van der Waals surface area contributed by atoms with E-state index in [9.17, 15) is 13.6 Å². The van der Waals surface area contributed by atoms with Crippen molar-refractivity contribution in [3.05, 3.63) is 64.1 Å². The molecule has 0 amide bonds. The average molecular weight is 294 g/mol. The average Bonchev–Trinajstić information content (AvgIpc) is 2.44. The fourth-order valence-electron chi connectivity index (χ4n) is 1.95. The molecular weight excluding hydrogens is 278 g/mol. The minimum Gasteiger partial charge on any atom is -0.486 e. The van der Waals surface area contributed by atoms with Gasteiger partial charge in [0.1, 0.15) is 6.61 Å². The lowest BCUT2D eigenvalue weighted by Crippen LogP contribution is -2.21. The Morgan fingerprint density at radius 2 is 1.95 bits per heavy atom. The lowest BCUT2D eigenvalue weighted by atomic mass is 10.2. The maximum Gasteiger partial charge on any atom is 0.250 e. The van der Waals surface area contributed by atoms with Crippen molar-refractivity contribution in [3.63, 3.8) is 0 Å². The molecule has 1 aromatic heterocycles. The van der Waals surface area contributed by atoms with Crippen LogP contribution in [0.15, 0.2) is 41.3 Å². The third-order valence-corrected chi connectivity index (χ3v) is 2.92. The highest BCUT2D eigenvalue weighted by Gasteiger charge is 2.12. The van der Waals surface area contributed by atoms with Gasteiger partial charge in [0.05, 0.1) is 6.54 Å². The second kappa shape index (κ2) is 6.99. The van der Waals surface area contributed by atoms with Gasteiger partial charge in [-0.1, -0.05) is 6.07 Å². The molecule has 21 heavy (non-hydrogen) atoms. The smallest absolute Gasteiger partial charge is 0.250 e. The summed E-state index contributed by atoms with van der Waals surface area (Å²) in [7, 11) is 1.69. The van der Waals surface area contributed by atoms with Gasteiger partial charge in [0.15, 0.2) is 17.4 Å². The summed E-state index contributed by atoms with van der Waals surface area (Å²) >= 11 is 0. The van der Waals surface area contributed by atoms with Gasteiger partial charge in [0.25, 0.3) is 5.56 Å². The van der Waals surface area contributed by atoms with E-state index in [2.05, 4.69) is 5.32 Å². The van der Waals surface area contributed by atoms with Crippen LogP contribution in [0.4, 0.5) is 8.78 Å². The maximum atomic E-state index is 13.8. The normalized spacial score (nSPS) is 10.6. The first-order chi connectivity index (χ1) is 10.1. The molecule has 0 atom stereocenters. The molecule has 2 aromatic rings. The zero-order valence-electron chi connectivity index (χ0n) is 11.6. The Bertz CT molecular complexity index is 648. The van der Waals surface area contributed by atoms with Gasteiger partial charge >= 0.3 is 0 Å². The molecule has 0 bridgehead atoms. The standard InChI is InChI=1S/C15H16F2N2O2/c1-18-10-11-8-12(16)15(13(17)9-11)21-7-6-19-5-3-2-4-14(19)20/h2-5,8-9,18H,6-7,10H2,1H3. The predicted octanol–water partition coefficient (Wildman–Crippen LogP) is 1.92. The number of ether oxygens (including phenoxy) is 1. The minimum absolute atomic E-state index is 0.00311. The van der Waals surface area contributed by atoms with Crippen LogP contribution in [0, 0.1) is 11.6 Å². The number of nitrogens with zero attached hydrogens (tertiary/aromatic N) is 1. The predicted molar refractivity (Wildman–Crippen MR) is 75.3 cm³/mol. The summed E-state index contributed by atoms with van der Waals surface area (Å²) in [6, 6.07) is 7.19. The van der Waals surface area contributed by atoms with Crippen LogP contribution >= 0.6 is 0 Å². The highest BCUT2D eigenvalue weighted by atomic mass is 19.1. The van der Waals surface area contributed by atoms with Crippen LogP contribution in [0.5, 0.6) is 5.75 Å². The maximum absolute atomic E-state index is 13.8. The van der Waals surface area contributed by atoms with Gasteiger partial charge in [-0.05, 0) is 30.8 Å². The van der Waals surface area contributed by atoms with Gasteiger partial charge in [0, 0.05) is 18.8 Å². The molecule has 1 N–H and O–H groups in total. The Balaban J connectivity index is 2.03. The number of nitrogens with one attached hydrogen (secondary N) is 1. The van der Waals surface area contributed by atoms with Crippen LogP contribution in [0.3, 0.4) is 0 Å². The topological polar surface area (TPSA) is 43.3 Å². The highest BCUT2D eigenvalue weighted by Crippen LogP contribution is 2.23. The lowest BCUT2D eigenvalue weighted by molar-refractivity contribution is 0.268. The quantitative estimate of drug-likeness (QED) is 0.885. The molecule has 4 nitrogen and oxygen atoms in total. The van der Waals surface area contributed by atoms with E-state index in [0.717, 1.165) is 0 Å². The molecule has 0 aliphatic heterocycles. The van der Waals surface area contributed by atoms with Crippen molar-refractivity contribution in [2.75, 3.05) is 13.7 Å². The molecule has 0 saturated heterocycles. The largest absolute Gasteiger partial charge is 0.486 e. The molecule has 0 aliphatic carbocycles. The summed E-state index contributed by atoms with van der Waals surface area (Å²) in [5.41, 5.74) is 0.311. The van der Waals surface area contributed by atoms with E-state index in [-0.39, 0.29) is 18.7 Å². The zero-order chi connectivity index (χ0) is 15.2. The molecule has 112 valence electrons. The minimum atomic E-state index is -0.749. The number of halogens is 2. The molecule has 1 aromatic carbocycles. The third kappa shape index (κ3) is 3.88. The Labute approximate surface area is 121 Å². The molecule has 0 radical (unpaired) electrons. The Morgan fingerprint density at radius 3 is 2.57 bits per heavy atom. The van der Waals surface area contributed by atoms with Crippen molar-refractivity contribution in [3.8, 4) is 5.75 Å². The summed E-state index contributed by atoms with van der Waals surface area (Å²) < 4.78 is 34.1. The molecule has 0 spiro atoms. The monoisotopic (exact) mass is 294 g/mol. The van der Waals surface area contributed by atoms with E-state index in [1.807, 2.05) is 0 Å². The van der Waals surface area contributed by atoms with Gasteiger partial charge in [-0.2, -0.15) is 0 Å². The fourth-order valence-corrected chi connectivity index (χ4v) is 1.95. The fraction of sp³-hybridized carbons (Fsp3) is 0.267. The first kappa shape index (κ1) is 15.2. The zero-order valence-corrected chi connectivity index (χ0v) is 11.6. The van der Waals surface area contributed by atoms with E-state index in [1.165, 1.54) is 22.8 Å². The SMILES string of the molecule is CNCc1cc(F)c(OCCn2ccccc2=O)c(F)c1. The van der Waals surface area contributed by atoms with E-state index in [4.69, 9.17) is 4.74 Å².